The largest absolute Gasteiger partial charge is 0.497 e. The van der Waals surface area contributed by atoms with Gasteiger partial charge in [0.25, 0.3) is 5.91 Å². The van der Waals surface area contributed by atoms with Crippen LogP contribution in [-0.2, 0) is 20.9 Å². The van der Waals surface area contributed by atoms with Gasteiger partial charge in [-0.1, -0.05) is 12.1 Å². The van der Waals surface area contributed by atoms with Crippen molar-refractivity contribution >= 4 is 23.8 Å². The minimum atomic E-state index is -0.688. The van der Waals surface area contributed by atoms with E-state index in [2.05, 4.69) is 10.6 Å². The van der Waals surface area contributed by atoms with E-state index in [4.69, 9.17) is 4.74 Å². The number of carbonyl (C=O) groups is 4. The lowest BCUT2D eigenvalue weighted by Gasteiger charge is -2.34. The van der Waals surface area contributed by atoms with Crippen LogP contribution in [-0.4, -0.2) is 66.3 Å². The first-order chi connectivity index (χ1) is 13.0. The number of imide groups is 1. The highest BCUT2D eigenvalue weighted by Crippen LogP contribution is 2.16. The number of hydrogen-bond acceptors (Lipinski definition) is 5. The fourth-order valence-electron chi connectivity index (χ4n) is 3.17. The summed E-state index contributed by atoms with van der Waals surface area (Å²) in [6.45, 7) is 1.37. The first kappa shape index (κ1) is 18.7. The molecule has 0 unspecified atom stereocenters. The second-order valence-corrected chi connectivity index (χ2v) is 6.54. The summed E-state index contributed by atoms with van der Waals surface area (Å²) >= 11 is 0. The average molecular weight is 374 g/mol. The number of nitrogens with one attached hydrogen (secondary N) is 2. The number of ether oxygens (including phenoxy) is 1. The fraction of sp³-hybridized carbons (Fsp3) is 0.444. The average Bonchev–Trinajstić information content (AvgIpc) is 2.98. The molecule has 0 aliphatic carbocycles. The summed E-state index contributed by atoms with van der Waals surface area (Å²) < 4.78 is 5.19. The van der Waals surface area contributed by atoms with E-state index in [0.717, 1.165) is 11.3 Å². The molecule has 2 aliphatic heterocycles. The van der Waals surface area contributed by atoms with Crippen molar-refractivity contribution in [2.45, 2.75) is 25.4 Å². The number of hydrogen-bond donors (Lipinski definition) is 2. The zero-order valence-electron chi connectivity index (χ0n) is 15.1. The maximum absolute atomic E-state index is 12.4. The summed E-state index contributed by atoms with van der Waals surface area (Å²) in [5.41, 5.74) is 0.963. The highest BCUT2D eigenvalue weighted by molar-refractivity contribution is 6.04. The van der Waals surface area contributed by atoms with E-state index < -0.39 is 18.0 Å². The van der Waals surface area contributed by atoms with Gasteiger partial charge in [-0.15, -0.1) is 0 Å². The van der Waals surface area contributed by atoms with E-state index >= 15 is 0 Å². The van der Waals surface area contributed by atoms with Crippen LogP contribution < -0.4 is 15.4 Å². The highest BCUT2D eigenvalue weighted by Gasteiger charge is 2.31. The molecule has 3 rings (SSSR count). The fourth-order valence-corrected chi connectivity index (χ4v) is 3.17. The number of nitrogens with zero attached hydrogens (tertiary/aromatic N) is 2. The van der Waals surface area contributed by atoms with Gasteiger partial charge >= 0.3 is 6.03 Å². The van der Waals surface area contributed by atoms with Crippen molar-refractivity contribution in [1.29, 1.82) is 0 Å². The van der Waals surface area contributed by atoms with E-state index in [9.17, 15) is 19.2 Å². The van der Waals surface area contributed by atoms with Gasteiger partial charge in [-0.2, -0.15) is 0 Å². The van der Waals surface area contributed by atoms with Crippen LogP contribution in [0.1, 0.15) is 18.4 Å². The van der Waals surface area contributed by atoms with Gasteiger partial charge in [0.15, 0.2) is 0 Å². The zero-order chi connectivity index (χ0) is 19.4. The Morgan fingerprint density at radius 2 is 2.07 bits per heavy atom. The lowest BCUT2D eigenvalue weighted by atomic mass is 10.1. The molecular formula is C18H22N4O5. The van der Waals surface area contributed by atoms with E-state index in [1.165, 1.54) is 4.90 Å². The van der Waals surface area contributed by atoms with Gasteiger partial charge in [-0.25, -0.2) is 4.79 Å². The van der Waals surface area contributed by atoms with Crippen LogP contribution >= 0.6 is 0 Å². The first-order valence-corrected chi connectivity index (χ1v) is 8.76. The minimum Gasteiger partial charge on any atom is -0.497 e. The Kier molecular flexibility index (Phi) is 5.58. The molecule has 0 radical (unpaired) electrons. The summed E-state index contributed by atoms with van der Waals surface area (Å²) in [6.07, 6.45) is 0.316. The molecule has 2 N–H and O–H groups in total. The number of carbonyl (C=O) groups excluding carboxylic acids is 4. The van der Waals surface area contributed by atoms with Crippen molar-refractivity contribution in [3.8, 4) is 5.75 Å². The van der Waals surface area contributed by atoms with Gasteiger partial charge in [0.2, 0.25) is 11.8 Å². The summed E-state index contributed by atoms with van der Waals surface area (Å²) in [6, 6.07) is 6.29. The number of urea groups is 1. The van der Waals surface area contributed by atoms with E-state index in [1.807, 2.05) is 24.3 Å². The number of benzene rings is 1. The Bertz CT molecular complexity index is 766. The predicted molar refractivity (Wildman–Crippen MR) is 94.7 cm³/mol. The van der Waals surface area contributed by atoms with Crippen LogP contribution in [0, 0.1) is 0 Å². The van der Waals surface area contributed by atoms with Crippen LogP contribution in [0.25, 0.3) is 0 Å². The molecule has 1 aromatic carbocycles. The molecular weight excluding hydrogens is 352 g/mol. The molecule has 2 aliphatic rings. The molecule has 2 saturated heterocycles. The second-order valence-electron chi connectivity index (χ2n) is 6.54. The second kappa shape index (κ2) is 8.07. The van der Waals surface area contributed by atoms with Gasteiger partial charge in [0.05, 0.1) is 13.7 Å². The first-order valence-electron chi connectivity index (χ1n) is 8.76. The monoisotopic (exact) mass is 374 g/mol. The summed E-state index contributed by atoms with van der Waals surface area (Å²) in [5, 5.41) is 4.59. The number of rotatable bonds is 6. The van der Waals surface area contributed by atoms with Crippen LogP contribution in [0.15, 0.2) is 24.3 Å². The topological polar surface area (TPSA) is 108 Å². The molecule has 0 saturated carbocycles. The molecule has 27 heavy (non-hydrogen) atoms. The number of amides is 5. The van der Waals surface area contributed by atoms with Crippen molar-refractivity contribution in [1.82, 2.24) is 20.4 Å². The Morgan fingerprint density at radius 1 is 1.26 bits per heavy atom. The molecule has 0 bridgehead atoms. The maximum Gasteiger partial charge on any atom is 0.322 e. The smallest absolute Gasteiger partial charge is 0.322 e. The molecule has 9 nitrogen and oxygen atoms in total. The molecule has 5 amide bonds. The third-order valence-electron chi connectivity index (χ3n) is 4.68. The van der Waals surface area contributed by atoms with Gasteiger partial charge < -0.3 is 19.9 Å². The van der Waals surface area contributed by atoms with Crippen molar-refractivity contribution in [2.24, 2.45) is 0 Å². The Morgan fingerprint density at radius 3 is 2.74 bits per heavy atom. The predicted octanol–water partition coefficient (Wildman–Crippen LogP) is -0.146. The van der Waals surface area contributed by atoms with Gasteiger partial charge in [-0.05, 0) is 24.1 Å². The summed E-state index contributed by atoms with van der Waals surface area (Å²) in [7, 11) is 1.59. The van der Waals surface area contributed by atoms with Crippen LogP contribution in [0.2, 0.25) is 0 Å². The molecule has 0 aromatic heterocycles. The Labute approximate surface area is 156 Å². The number of piperazine rings is 1. The third-order valence-corrected chi connectivity index (χ3v) is 4.68. The molecule has 144 valence electrons. The van der Waals surface area contributed by atoms with Crippen LogP contribution in [0.4, 0.5) is 4.79 Å². The van der Waals surface area contributed by atoms with Crippen molar-refractivity contribution < 1.29 is 23.9 Å². The molecule has 1 atom stereocenters. The van der Waals surface area contributed by atoms with Crippen molar-refractivity contribution in [2.75, 3.05) is 26.7 Å². The van der Waals surface area contributed by atoms with E-state index in [0.29, 0.717) is 19.6 Å². The lowest BCUT2D eigenvalue weighted by molar-refractivity contribution is -0.145. The maximum atomic E-state index is 12.4. The normalized spacial score (nSPS) is 19.7. The van der Waals surface area contributed by atoms with Gasteiger partial charge in [-0.3, -0.25) is 19.7 Å². The Hall–Kier alpha value is -3.10. The quantitative estimate of drug-likeness (QED) is 0.674. The van der Waals surface area contributed by atoms with Crippen molar-refractivity contribution in [3.63, 3.8) is 0 Å². The van der Waals surface area contributed by atoms with E-state index in [-0.39, 0.29) is 31.2 Å². The van der Waals surface area contributed by atoms with Gasteiger partial charge in [0.1, 0.15) is 11.8 Å². The van der Waals surface area contributed by atoms with Crippen molar-refractivity contribution in [3.05, 3.63) is 29.8 Å². The van der Waals surface area contributed by atoms with Crippen LogP contribution in [0.3, 0.4) is 0 Å². The number of methoxy groups -OCH3 is 1. The zero-order valence-corrected chi connectivity index (χ0v) is 15.1. The lowest BCUT2D eigenvalue weighted by Crippen LogP contribution is -2.52. The molecule has 1 aromatic rings. The minimum absolute atomic E-state index is 0.0199. The molecule has 2 heterocycles. The highest BCUT2D eigenvalue weighted by atomic mass is 16.5. The summed E-state index contributed by atoms with van der Waals surface area (Å²) in [5.74, 6) is -0.00792. The molecule has 9 heteroatoms. The van der Waals surface area contributed by atoms with Gasteiger partial charge in [0, 0.05) is 26.1 Å². The Balaban J connectivity index is 1.49. The third kappa shape index (κ3) is 4.55. The molecule has 2 fully saturated rings. The van der Waals surface area contributed by atoms with Crippen LogP contribution in [0.5, 0.6) is 5.75 Å². The molecule has 0 spiro atoms. The van der Waals surface area contributed by atoms with E-state index in [1.54, 1.807) is 12.0 Å². The standard InChI is InChI=1S/C18H22N4O5/c1-27-13-4-2-3-12(9-13)10-21-7-8-22(11-16(21)24)15(23)6-5-14-17(25)20-18(26)19-14/h2-4,9,14H,5-8,10-11H2,1H3,(H2,19,20,25,26)/t14-/m0/s1. The summed E-state index contributed by atoms with van der Waals surface area (Å²) in [4.78, 5) is 50.5. The SMILES string of the molecule is COc1cccc(CN2CCN(C(=O)CC[C@@H]3NC(=O)NC3=O)CC2=O)c1.